The number of nitrogens with zero attached hydrogens (tertiary/aromatic N) is 3. The van der Waals surface area contributed by atoms with Crippen molar-refractivity contribution in [3.05, 3.63) is 60.2 Å². The van der Waals surface area contributed by atoms with E-state index in [0.717, 1.165) is 22.3 Å². The fraction of sp³-hybridized carbons (Fsp3) is 0.250. The van der Waals surface area contributed by atoms with Gasteiger partial charge in [-0.3, -0.25) is 15.8 Å². The van der Waals surface area contributed by atoms with Gasteiger partial charge in [0.25, 0.3) is 0 Å². The third-order valence-electron chi connectivity index (χ3n) is 5.32. The normalized spacial score (nSPS) is 25.4. The van der Waals surface area contributed by atoms with Crippen LogP contribution in [0.4, 0.5) is 10.2 Å². The molecule has 7 heteroatoms. The Hall–Kier alpha value is -3.06. The lowest BCUT2D eigenvalue weighted by Gasteiger charge is -2.44. The van der Waals surface area contributed by atoms with Gasteiger partial charge in [-0.1, -0.05) is 42.5 Å². The van der Waals surface area contributed by atoms with Crippen LogP contribution in [0, 0.1) is 11.3 Å². The highest BCUT2D eigenvalue weighted by Gasteiger charge is 2.45. The summed E-state index contributed by atoms with van der Waals surface area (Å²) in [5.41, 5.74) is 1.81. The first-order valence-electron chi connectivity index (χ1n) is 9.06. The Morgan fingerprint density at radius 2 is 1.85 bits per heavy atom. The maximum Gasteiger partial charge on any atom is 0.164 e. The Labute approximate surface area is 155 Å². The van der Waals surface area contributed by atoms with Crippen LogP contribution in [0.1, 0.15) is 12.0 Å². The number of hydrogen-bond donors (Lipinski definition) is 3. The molecule has 6 nitrogen and oxygen atoms in total. The quantitative estimate of drug-likeness (QED) is 0.613. The Morgan fingerprint density at radius 1 is 1.07 bits per heavy atom. The number of H-pyrrole nitrogens is 1. The number of aromatic nitrogens is 2. The summed E-state index contributed by atoms with van der Waals surface area (Å²) < 4.78 is 14.7. The number of benzene rings is 2. The lowest BCUT2D eigenvalue weighted by atomic mass is 9.87. The average Bonchev–Trinajstić information content (AvgIpc) is 3.12. The van der Waals surface area contributed by atoms with E-state index < -0.39 is 12.2 Å². The second-order valence-electron chi connectivity index (χ2n) is 6.89. The number of halogens is 1. The Kier molecular flexibility index (Phi) is 3.75. The fourth-order valence-electron chi connectivity index (χ4n) is 4.06. The van der Waals surface area contributed by atoms with Gasteiger partial charge in [-0.25, -0.2) is 9.38 Å². The molecule has 0 radical (unpaired) electrons. The molecule has 2 aliphatic heterocycles. The zero-order valence-electron chi connectivity index (χ0n) is 14.6. The van der Waals surface area contributed by atoms with Crippen molar-refractivity contribution < 1.29 is 4.39 Å². The lowest BCUT2D eigenvalue weighted by molar-refractivity contribution is 0.164. The highest BCUT2D eigenvalue weighted by molar-refractivity contribution is 6.18. The van der Waals surface area contributed by atoms with E-state index in [0.29, 0.717) is 18.8 Å². The number of nitrogens with one attached hydrogen (secondary N) is 3. The van der Waals surface area contributed by atoms with E-state index in [1.165, 1.54) is 0 Å². The summed E-state index contributed by atoms with van der Waals surface area (Å²) in [6, 6.07) is 17.4. The van der Waals surface area contributed by atoms with Crippen LogP contribution in [0.5, 0.6) is 0 Å². The first kappa shape index (κ1) is 16.1. The van der Waals surface area contributed by atoms with Crippen molar-refractivity contribution in [1.29, 1.82) is 5.41 Å². The number of rotatable bonds is 2. The van der Waals surface area contributed by atoms with Crippen molar-refractivity contribution in [2.24, 2.45) is 10.9 Å². The van der Waals surface area contributed by atoms with Gasteiger partial charge in [-0.2, -0.15) is 5.10 Å². The van der Waals surface area contributed by atoms with Crippen molar-refractivity contribution in [2.45, 2.75) is 18.8 Å². The molecule has 1 aromatic heterocycles. The van der Waals surface area contributed by atoms with Crippen LogP contribution in [-0.2, 0) is 0 Å². The number of aliphatic imine (C=N–C) groups is 1. The van der Waals surface area contributed by atoms with Gasteiger partial charge in [-0.05, 0) is 25.1 Å². The molecule has 3 heterocycles. The van der Waals surface area contributed by atoms with Gasteiger partial charge < -0.3 is 4.90 Å². The number of piperidine rings is 1. The van der Waals surface area contributed by atoms with Gasteiger partial charge in [0.05, 0.1) is 17.5 Å². The van der Waals surface area contributed by atoms with Crippen LogP contribution >= 0.6 is 0 Å². The van der Waals surface area contributed by atoms with Crippen molar-refractivity contribution in [2.75, 3.05) is 11.4 Å². The third-order valence-corrected chi connectivity index (χ3v) is 5.32. The number of para-hydroxylation sites is 1. The number of aromatic amines is 1. The van der Waals surface area contributed by atoms with Gasteiger partial charge in [-0.15, -0.1) is 0 Å². The summed E-state index contributed by atoms with van der Waals surface area (Å²) in [5.74, 6) is 0.828. The highest BCUT2D eigenvalue weighted by atomic mass is 19.1. The van der Waals surface area contributed by atoms with Crippen LogP contribution in [-0.4, -0.2) is 40.8 Å². The van der Waals surface area contributed by atoms with Crippen LogP contribution in [0.25, 0.3) is 10.9 Å². The van der Waals surface area contributed by atoms with E-state index in [1.807, 2.05) is 59.5 Å². The summed E-state index contributed by atoms with van der Waals surface area (Å²) in [7, 11) is 0. The van der Waals surface area contributed by atoms with Crippen LogP contribution in [0.2, 0.25) is 0 Å². The molecule has 1 saturated heterocycles. The molecule has 0 saturated carbocycles. The summed E-state index contributed by atoms with van der Waals surface area (Å²) in [4.78, 5) is 6.54. The largest absolute Gasteiger partial charge is 0.304 e. The van der Waals surface area contributed by atoms with E-state index >= 15 is 0 Å². The van der Waals surface area contributed by atoms with Gasteiger partial charge >= 0.3 is 0 Å². The molecule has 0 aliphatic carbocycles. The molecular formula is C20H19FN6. The third kappa shape index (κ3) is 2.54. The Balaban J connectivity index is 1.73. The smallest absolute Gasteiger partial charge is 0.164 e. The van der Waals surface area contributed by atoms with Crippen LogP contribution in [0.15, 0.2) is 59.6 Å². The minimum absolute atomic E-state index is 0.0784. The molecule has 0 bridgehead atoms. The van der Waals surface area contributed by atoms with Crippen LogP contribution in [0.3, 0.4) is 0 Å². The molecule has 5 rings (SSSR count). The van der Waals surface area contributed by atoms with E-state index in [-0.39, 0.29) is 11.9 Å². The zero-order valence-corrected chi connectivity index (χ0v) is 14.6. The molecule has 1 fully saturated rings. The number of anilines is 1. The monoisotopic (exact) mass is 362 g/mol. The second-order valence-corrected chi connectivity index (χ2v) is 6.89. The molecule has 3 aromatic rings. The Bertz CT molecular complexity index is 1030. The van der Waals surface area contributed by atoms with E-state index in [1.54, 1.807) is 0 Å². The maximum absolute atomic E-state index is 14.7. The van der Waals surface area contributed by atoms with Crippen molar-refractivity contribution in [1.82, 2.24) is 15.5 Å². The Morgan fingerprint density at radius 3 is 2.70 bits per heavy atom. The molecule has 2 aromatic carbocycles. The number of alkyl halides is 1. The summed E-state index contributed by atoms with van der Waals surface area (Å²) in [6.07, 6.45) is -0.578. The SMILES string of the molecule is N=C1N=C(c2ccccc2)N(c2n[nH]c3ccccc23)C2CCNC(F)C12. The predicted molar refractivity (Wildman–Crippen MR) is 104 cm³/mol. The molecular weight excluding hydrogens is 343 g/mol. The van der Waals surface area contributed by atoms with Crippen molar-refractivity contribution in [3.63, 3.8) is 0 Å². The predicted octanol–water partition coefficient (Wildman–Crippen LogP) is 3.08. The number of fused-ring (bicyclic) bond motifs is 2. The van der Waals surface area contributed by atoms with Crippen molar-refractivity contribution >= 4 is 28.4 Å². The second kappa shape index (κ2) is 6.28. The van der Waals surface area contributed by atoms with Gasteiger partial charge in [0.1, 0.15) is 11.7 Å². The molecule has 3 atom stereocenters. The van der Waals surface area contributed by atoms with E-state index in [2.05, 4.69) is 20.5 Å². The summed E-state index contributed by atoms with van der Waals surface area (Å²) in [6.45, 7) is 0.552. The standard InChI is InChI=1S/C20H19FN6/c21-17-16-15(10-11-23-17)27(20-13-8-4-5-9-14(13)25-26-20)19(24-18(16)22)12-6-2-1-3-7-12/h1-9,15-17,22-23H,10-11H2,(H,25,26). The first-order chi connectivity index (χ1) is 13.2. The number of hydrogen-bond acceptors (Lipinski definition) is 4. The molecule has 0 spiro atoms. The minimum Gasteiger partial charge on any atom is -0.304 e. The molecule has 2 aliphatic rings. The van der Waals surface area contributed by atoms with Gasteiger partial charge in [0.2, 0.25) is 0 Å². The topological polar surface area (TPSA) is 80.2 Å². The van der Waals surface area contributed by atoms with Gasteiger partial charge in [0.15, 0.2) is 12.1 Å². The maximum atomic E-state index is 14.7. The summed E-state index contributed by atoms with van der Waals surface area (Å²) in [5, 5.41) is 19.8. The van der Waals surface area contributed by atoms with Gasteiger partial charge in [0, 0.05) is 10.9 Å². The molecule has 0 amide bonds. The molecule has 3 N–H and O–H groups in total. The van der Waals surface area contributed by atoms with Crippen molar-refractivity contribution in [3.8, 4) is 0 Å². The average molecular weight is 362 g/mol. The lowest BCUT2D eigenvalue weighted by Crippen LogP contribution is -2.60. The summed E-state index contributed by atoms with van der Waals surface area (Å²) >= 11 is 0. The zero-order chi connectivity index (χ0) is 18.4. The van der Waals surface area contributed by atoms with Crippen LogP contribution < -0.4 is 10.2 Å². The highest BCUT2D eigenvalue weighted by Crippen LogP contribution is 2.36. The molecule has 136 valence electrons. The fourth-order valence-corrected chi connectivity index (χ4v) is 4.06. The van der Waals surface area contributed by atoms with E-state index in [9.17, 15) is 4.39 Å². The number of amidine groups is 2. The minimum atomic E-state index is -1.29. The van der Waals surface area contributed by atoms with E-state index in [4.69, 9.17) is 5.41 Å². The first-order valence-corrected chi connectivity index (χ1v) is 9.06. The molecule has 27 heavy (non-hydrogen) atoms. The molecule has 3 unspecified atom stereocenters.